The van der Waals surface area contributed by atoms with Gasteiger partial charge in [-0.1, -0.05) is 6.92 Å². The molecular weight excluding hydrogens is 270 g/mol. The maximum atomic E-state index is 12.7. The molecular formula is C15H25N3O3. The molecule has 0 radical (unpaired) electrons. The summed E-state index contributed by atoms with van der Waals surface area (Å²) in [7, 11) is 0. The van der Waals surface area contributed by atoms with Crippen molar-refractivity contribution in [1.82, 2.24) is 15.5 Å². The first-order valence-corrected chi connectivity index (χ1v) is 8.08. The van der Waals surface area contributed by atoms with Crippen LogP contribution in [0.15, 0.2) is 0 Å². The van der Waals surface area contributed by atoms with Crippen LogP contribution < -0.4 is 10.6 Å². The molecule has 0 aromatic rings. The van der Waals surface area contributed by atoms with E-state index in [1.807, 2.05) is 4.90 Å². The molecule has 3 aliphatic heterocycles. The molecule has 3 heterocycles. The van der Waals surface area contributed by atoms with Crippen LogP contribution in [0.2, 0.25) is 0 Å². The van der Waals surface area contributed by atoms with Crippen LogP contribution in [0.1, 0.15) is 26.2 Å². The molecule has 2 amide bonds. The number of rotatable bonds is 3. The van der Waals surface area contributed by atoms with Crippen LogP contribution in [0.5, 0.6) is 0 Å². The van der Waals surface area contributed by atoms with Crippen LogP contribution in [0.4, 0.5) is 0 Å². The number of carbonyl (C=O) groups excluding carboxylic acids is 2. The molecule has 0 bridgehead atoms. The van der Waals surface area contributed by atoms with Crippen molar-refractivity contribution in [2.24, 2.45) is 11.8 Å². The second-order valence-corrected chi connectivity index (χ2v) is 6.35. The lowest BCUT2D eigenvalue weighted by Crippen LogP contribution is -2.57. The zero-order valence-electron chi connectivity index (χ0n) is 12.6. The fourth-order valence-electron chi connectivity index (χ4n) is 3.81. The fourth-order valence-corrected chi connectivity index (χ4v) is 3.81. The molecule has 6 nitrogen and oxygen atoms in total. The van der Waals surface area contributed by atoms with E-state index in [9.17, 15) is 9.59 Å². The van der Waals surface area contributed by atoms with E-state index in [0.717, 1.165) is 32.5 Å². The van der Waals surface area contributed by atoms with Crippen LogP contribution >= 0.6 is 0 Å². The van der Waals surface area contributed by atoms with Gasteiger partial charge in [0.2, 0.25) is 11.8 Å². The van der Waals surface area contributed by atoms with Crippen molar-refractivity contribution in [3.63, 3.8) is 0 Å². The third-order valence-corrected chi connectivity index (χ3v) is 5.00. The van der Waals surface area contributed by atoms with Crippen LogP contribution in [0.25, 0.3) is 0 Å². The molecule has 4 atom stereocenters. The van der Waals surface area contributed by atoms with Gasteiger partial charge in [0.25, 0.3) is 0 Å². The van der Waals surface area contributed by atoms with E-state index in [1.165, 1.54) is 0 Å². The summed E-state index contributed by atoms with van der Waals surface area (Å²) < 4.78 is 5.49. The minimum absolute atomic E-state index is 0.0559. The number of nitrogens with zero attached hydrogens (tertiary/aromatic N) is 1. The smallest absolute Gasteiger partial charge is 0.229 e. The monoisotopic (exact) mass is 295 g/mol. The summed E-state index contributed by atoms with van der Waals surface area (Å²) in [5.74, 6) is 0.737. The standard InChI is InChI=1S/C15H25N3O3/c1-2-16-13-9-21-8-11(13)15(20)18-6-5-12-10(7-18)3-4-14(19)17-12/h10-13,16H,2-9H2,1H3,(H,17,19). The van der Waals surface area contributed by atoms with Gasteiger partial charge in [-0.05, 0) is 25.3 Å². The Bertz CT molecular complexity index is 415. The average molecular weight is 295 g/mol. The molecule has 0 aromatic carbocycles. The Balaban J connectivity index is 1.60. The number of likely N-dealkylation sites (tertiary alicyclic amines) is 1. The lowest BCUT2D eigenvalue weighted by molar-refractivity contribution is -0.139. The topological polar surface area (TPSA) is 70.7 Å². The summed E-state index contributed by atoms with van der Waals surface area (Å²) in [5, 5.41) is 6.41. The number of piperidine rings is 2. The van der Waals surface area contributed by atoms with E-state index < -0.39 is 0 Å². The summed E-state index contributed by atoms with van der Waals surface area (Å²) in [4.78, 5) is 26.2. The third-order valence-electron chi connectivity index (χ3n) is 5.00. The summed E-state index contributed by atoms with van der Waals surface area (Å²) in [6.07, 6.45) is 2.37. The molecule has 3 fully saturated rings. The first-order chi connectivity index (χ1) is 10.2. The maximum absolute atomic E-state index is 12.7. The third kappa shape index (κ3) is 3.06. The van der Waals surface area contributed by atoms with E-state index in [0.29, 0.717) is 25.6 Å². The molecule has 0 spiro atoms. The molecule has 6 heteroatoms. The Labute approximate surface area is 125 Å². The van der Waals surface area contributed by atoms with Gasteiger partial charge in [0, 0.05) is 31.6 Å². The number of ether oxygens (including phenoxy) is 1. The Morgan fingerprint density at radius 1 is 1.43 bits per heavy atom. The molecule has 3 rings (SSSR count). The van der Waals surface area contributed by atoms with Crippen molar-refractivity contribution in [3.8, 4) is 0 Å². The van der Waals surface area contributed by atoms with E-state index in [1.54, 1.807) is 0 Å². The fraction of sp³-hybridized carbons (Fsp3) is 0.867. The normalized spacial score (nSPS) is 36.2. The summed E-state index contributed by atoms with van der Waals surface area (Å²) >= 11 is 0. The Kier molecular flexibility index (Phi) is 4.45. The van der Waals surface area contributed by atoms with Gasteiger partial charge in [0.05, 0.1) is 19.1 Å². The first-order valence-electron chi connectivity index (χ1n) is 8.08. The van der Waals surface area contributed by atoms with Gasteiger partial charge in [-0.25, -0.2) is 0 Å². The highest BCUT2D eigenvalue weighted by Crippen LogP contribution is 2.27. The number of nitrogens with one attached hydrogen (secondary N) is 2. The van der Waals surface area contributed by atoms with Gasteiger partial charge in [0.15, 0.2) is 0 Å². The van der Waals surface area contributed by atoms with Crippen LogP contribution in [0, 0.1) is 11.8 Å². The lowest BCUT2D eigenvalue weighted by atomic mass is 9.84. The minimum atomic E-state index is -0.0559. The van der Waals surface area contributed by atoms with E-state index >= 15 is 0 Å². The van der Waals surface area contributed by atoms with Crippen LogP contribution in [-0.4, -0.2) is 61.6 Å². The van der Waals surface area contributed by atoms with Gasteiger partial charge >= 0.3 is 0 Å². The number of likely N-dealkylation sites (N-methyl/N-ethyl adjacent to an activating group) is 1. The second-order valence-electron chi connectivity index (χ2n) is 6.35. The van der Waals surface area contributed by atoms with Crippen molar-refractivity contribution in [1.29, 1.82) is 0 Å². The van der Waals surface area contributed by atoms with Crippen molar-refractivity contribution >= 4 is 11.8 Å². The summed E-state index contributed by atoms with van der Waals surface area (Å²) in [6, 6.07) is 0.408. The number of carbonyl (C=O) groups is 2. The molecule has 0 aromatic heterocycles. The van der Waals surface area contributed by atoms with Gasteiger partial charge in [-0.3, -0.25) is 9.59 Å². The molecule has 2 N–H and O–H groups in total. The van der Waals surface area contributed by atoms with Crippen LogP contribution in [0.3, 0.4) is 0 Å². The van der Waals surface area contributed by atoms with Gasteiger partial charge in [-0.2, -0.15) is 0 Å². The predicted molar refractivity (Wildman–Crippen MR) is 77.6 cm³/mol. The van der Waals surface area contributed by atoms with E-state index in [4.69, 9.17) is 4.74 Å². The lowest BCUT2D eigenvalue weighted by Gasteiger charge is -2.42. The van der Waals surface area contributed by atoms with Crippen molar-refractivity contribution in [2.75, 3.05) is 32.8 Å². The number of amides is 2. The first kappa shape index (κ1) is 14.8. The number of fused-ring (bicyclic) bond motifs is 1. The Morgan fingerprint density at radius 2 is 2.29 bits per heavy atom. The van der Waals surface area contributed by atoms with Gasteiger partial charge in [0.1, 0.15) is 0 Å². The highest BCUT2D eigenvalue weighted by Gasteiger charge is 2.40. The Morgan fingerprint density at radius 3 is 3.10 bits per heavy atom. The number of hydrogen-bond acceptors (Lipinski definition) is 4. The molecule has 0 saturated carbocycles. The van der Waals surface area contributed by atoms with E-state index in [-0.39, 0.29) is 29.8 Å². The van der Waals surface area contributed by atoms with Crippen molar-refractivity contribution < 1.29 is 14.3 Å². The van der Waals surface area contributed by atoms with Crippen LogP contribution in [-0.2, 0) is 14.3 Å². The largest absolute Gasteiger partial charge is 0.379 e. The zero-order chi connectivity index (χ0) is 14.8. The summed E-state index contributed by atoms with van der Waals surface area (Å²) in [6.45, 7) is 5.58. The molecule has 21 heavy (non-hydrogen) atoms. The highest BCUT2D eigenvalue weighted by atomic mass is 16.5. The molecule has 3 aliphatic rings. The predicted octanol–water partition coefficient (Wildman–Crippen LogP) is -0.262. The molecule has 3 saturated heterocycles. The van der Waals surface area contributed by atoms with Gasteiger partial charge in [-0.15, -0.1) is 0 Å². The second kappa shape index (κ2) is 6.32. The molecule has 0 aliphatic carbocycles. The Hall–Kier alpha value is -1.14. The zero-order valence-corrected chi connectivity index (χ0v) is 12.6. The average Bonchev–Trinajstić information content (AvgIpc) is 2.94. The highest BCUT2D eigenvalue weighted by molar-refractivity contribution is 5.80. The van der Waals surface area contributed by atoms with E-state index in [2.05, 4.69) is 17.6 Å². The molecule has 4 unspecified atom stereocenters. The molecule has 118 valence electrons. The number of hydrogen-bond donors (Lipinski definition) is 2. The summed E-state index contributed by atoms with van der Waals surface area (Å²) in [5.41, 5.74) is 0. The van der Waals surface area contributed by atoms with Crippen molar-refractivity contribution in [3.05, 3.63) is 0 Å². The van der Waals surface area contributed by atoms with Crippen molar-refractivity contribution in [2.45, 2.75) is 38.3 Å². The van der Waals surface area contributed by atoms with Gasteiger partial charge < -0.3 is 20.3 Å². The minimum Gasteiger partial charge on any atom is -0.379 e. The SMILES string of the molecule is CCNC1COCC1C(=O)N1CCC2NC(=O)CCC2C1. The maximum Gasteiger partial charge on any atom is 0.229 e. The quantitative estimate of drug-likeness (QED) is 0.752.